The molecule has 0 bridgehead atoms. The van der Waals surface area contributed by atoms with Crippen LogP contribution in [0.25, 0.3) is 0 Å². The zero-order valence-corrected chi connectivity index (χ0v) is 18.5. The van der Waals surface area contributed by atoms with Gasteiger partial charge in [-0.2, -0.15) is 5.10 Å². The highest BCUT2D eigenvalue weighted by molar-refractivity contribution is 6.30. The van der Waals surface area contributed by atoms with Crippen molar-refractivity contribution < 1.29 is 14.0 Å². The number of benzene rings is 2. The molecule has 32 heavy (non-hydrogen) atoms. The van der Waals surface area contributed by atoms with Gasteiger partial charge in [0, 0.05) is 29.7 Å². The predicted molar refractivity (Wildman–Crippen MR) is 125 cm³/mol. The molecule has 8 heteroatoms. The second kappa shape index (κ2) is 9.28. The van der Waals surface area contributed by atoms with Crippen LogP contribution in [-0.2, 0) is 9.59 Å². The Balaban J connectivity index is 1.56. The van der Waals surface area contributed by atoms with Crippen molar-refractivity contribution in [3.05, 3.63) is 83.3 Å². The van der Waals surface area contributed by atoms with Crippen molar-refractivity contribution in [3.8, 4) is 0 Å². The van der Waals surface area contributed by atoms with E-state index >= 15 is 0 Å². The Kier molecular flexibility index (Phi) is 6.28. The lowest BCUT2D eigenvalue weighted by atomic mass is 10.0. The van der Waals surface area contributed by atoms with E-state index in [1.807, 2.05) is 30.3 Å². The summed E-state index contributed by atoms with van der Waals surface area (Å²) >= 11 is 6.01. The molecule has 0 saturated carbocycles. The molecule has 1 aromatic heterocycles. The molecule has 2 aromatic carbocycles. The SMILES string of the molecule is CC(=O)Nc1cccc(NC(C)C(=O)N2N=C(c3ccc(Cl)cc3)CC2c2ccco2)c1. The second-order valence-corrected chi connectivity index (χ2v) is 8.04. The predicted octanol–water partition coefficient (Wildman–Crippen LogP) is 5.07. The first kappa shape index (κ1) is 21.6. The van der Waals surface area contributed by atoms with E-state index in [-0.39, 0.29) is 17.9 Å². The maximum atomic E-state index is 13.4. The molecule has 0 saturated heterocycles. The Morgan fingerprint density at radius 1 is 1.12 bits per heavy atom. The fourth-order valence-electron chi connectivity index (χ4n) is 3.63. The fraction of sp³-hybridized carbons (Fsp3) is 0.208. The molecule has 2 atom stereocenters. The van der Waals surface area contributed by atoms with Crippen LogP contribution >= 0.6 is 11.6 Å². The summed E-state index contributed by atoms with van der Waals surface area (Å²) in [6.45, 7) is 3.23. The molecule has 3 aromatic rings. The summed E-state index contributed by atoms with van der Waals surface area (Å²) in [4.78, 5) is 24.7. The standard InChI is InChI=1S/C24H23ClN4O3/c1-15(26-19-5-3-6-20(13-19)27-16(2)30)24(31)29-22(23-7-4-12-32-23)14-21(28-29)17-8-10-18(25)11-9-17/h3-13,15,22,26H,14H2,1-2H3,(H,27,30). The number of halogens is 1. The summed E-state index contributed by atoms with van der Waals surface area (Å²) in [5, 5.41) is 12.7. The highest BCUT2D eigenvalue weighted by Gasteiger charge is 2.36. The number of anilines is 2. The number of nitrogens with zero attached hydrogens (tertiary/aromatic N) is 2. The Bertz CT molecular complexity index is 1140. The minimum atomic E-state index is -0.562. The van der Waals surface area contributed by atoms with Crippen LogP contribution in [-0.4, -0.2) is 28.6 Å². The number of carbonyl (C=O) groups is 2. The fourth-order valence-corrected chi connectivity index (χ4v) is 3.76. The van der Waals surface area contributed by atoms with Crippen LogP contribution < -0.4 is 10.6 Å². The monoisotopic (exact) mass is 450 g/mol. The smallest absolute Gasteiger partial charge is 0.265 e. The lowest BCUT2D eigenvalue weighted by Gasteiger charge is -2.24. The maximum absolute atomic E-state index is 13.4. The van der Waals surface area contributed by atoms with E-state index in [1.54, 1.807) is 43.5 Å². The molecule has 2 heterocycles. The van der Waals surface area contributed by atoms with Gasteiger partial charge >= 0.3 is 0 Å². The van der Waals surface area contributed by atoms with Crippen LogP contribution in [0.5, 0.6) is 0 Å². The Morgan fingerprint density at radius 2 is 1.88 bits per heavy atom. The first-order chi connectivity index (χ1) is 15.4. The number of rotatable bonds is 6. The van der Waals surface area contributed by atoms with Gasteiger partial charge in [-0.15, -0.1) is 0 Å². The van der Waals surface area contributed by atoms with Gasteiger partial charge in [0.1, 0.15) is 17.8 Å². The molecule has 0 radical (unpaired) electrons. The summed E-state index contributed by atoms with van der Waals surface area (Å²) in [7, 11) is 0. The third kappa shape index (κ3) is 4.84. The molecule has 1 aliphatic heterocycles. The van der Waals surface area contributed by atoms with Crippen molar-refractivity contribution in [2.24, 2.45) is 5.10 Å². The maximum Gasteiger partial charge on any atom is 0.265 e. The molecule has 7 nitrogen and oxygen atoms in total. The van der Waals surface area contributed by atoms with Crippen LogP contribution in [0.4, 0.5) is 11.4 Å². The van der Waals surface area contributed by atoms with E-state index in [4.69, 9.17) is 16.0 Å². The van der Waals surface area contributed by atoms with E-state index in [0.717, 1.165) is 11.3 Å². The second-order valence-electron chi connectivity index (χ2n) is 7.60. The summed E-state index contributed by atoms with van der Waals surface area (Å²) in [6.07, 6.45) is 2.12. The van der Waals surface area contributed by atoms with Crippen LogP contribution in [0, 0.1) is 0 Å². The molecule has 0 spiro atoms. The Labute approximate surface area is 191 Å². The number of carbonyl (C=O) groups excluding carboxylic acids is 2. The Hall–Kier alpha value is -3.58. The number of hydrogen-bond acceptors (Lipinski definition) is 5. The number of hydrogen-bond donors (Lipinski definition) is 2. The Morgan fingerprint density at radius 3 is 2.56 bits per heavy atom. The van der Waals surface area contributed by atoms with Gasteiger partial charge in [0.05, 0.1) is 12.0 Å². The molecule has 4 rings (SSSR count). The summed E-state index contributed by atoms with van der Waals surface area (Å²) in [5.74, 6) is 0.319. The molecule has 0 fully saturated rings. The first-order valence-electron chi connectivity index (χ1n) is 10.2. The van der Waals surface area contributed by atoms with Crippen molar-refractivity contribution in [2.45, 2.75) is 32.4 Å². The summed E-state index contributed by atoms with van der Waals surface area (Å²) in [6, 6.07) is 17.4. The van der Waals surface area contributed by atoms with E-state index in [0.29, 0.717) is 28.6 Å². The number of furan rings is 1. The van der Waals surface area contributed by atoms with Gasteiger partial charge in [0.25, 0.3) is 5.91 Å². The average molecular weight is 451 g/mol. The third-order valence-corrected chi connectivity index (χ3v) is 5.37. The van der Waals surface area contributed by atoms with Gasteiger partial charge in [-0.25, -0.2) is 5.01 Å². The highest BCUT2D eigenvalue weighted by atomic mass is 35.5. The van der Waals surface area contributed by atoms with Crippen molar-refractivity contribution in [2.75, 3.05) is 10.6 Å². The lowest BCUT2D eigenvalue weighted by molar-refractivity contribution is -0.133. The molecular formula is C24H23ClN4O3. The zero-order chi connectivity index (χ0) is 22.7. The number of nitrogens with one attached hydrogen (secondary N) is 2. The normalized spacial score (nSPS) is 16.4. The van der Waals surface area contributed by atoms with Crippen LogP contribution in [0.1, 0.15) is 37.6 Å². The van der Waals surface area contributed by atoms with E-state index < -0.39 is 6.04 Å². The highest BCUT2D eigenvalue weighted by Crippen LogP contribution is 2.34. The van der Waals surface area contributed by atoms with Crippen molar-refractivity contribution in [1.82, 2.24) is 5.01 Å². The van der Waals surface area contributed by atoms with E-state index in [1.165, 1.54) is 11.9 Å². The quantitative estimate of drug-likeness (QED) is 0.549. The van der Waals surface area contributed by atoms with Crippen molar-refractivity contribution >= 4 is 40.5 Å². The van der Waals surface area contributed by atoms with Gasteiger partial charge in [-0.1, -0.05) is 29.8 Å². The molecule has 2 unspecified atom stereocenters. The molecule has 164 valence electrons. The molecular weight excluding hydrogens is 428 g/mol. The lowest BCUT2D eigenvalue weighted by Crippen LogP contribution is -2.38. The minimum Gasteiger partial charge on any atom is -0.467 e. The average Bonchev–Trinajstić information content (AvgIpc) is 3.43. The van der Waals surface area contributed by atoms with Crippen molar-refractivity contribution in [3.63, 3.8) is 0 Å². The minimum absolute atomic E-state index is 0.159. The zero-order valence-electron chi connectivity index (χ0n) is 17.7. The van der Waals surface area contributed by atoms with E-state index in [2.05, 4.69) is 15.7 Å². The molecule has 2 amide bonds. The van der Waals surface area contributed by atoms with Crippen LogP contribution in [0.2, 0.25) is 5.02 Å². The van der Waals surface area contributed by atoms with Gasteiger partial charge in [0.15, 0.2) is 0 Å². The summed E-state index contributed by atoms with van der Waals surface area (Å²) in [5.41, 5.74) is 3.06. The topological polar surface area (TPSA) is 86.9 Å². The van der Waals surface area contributed by atoms with Crippen LogP contribution in [0.3, 0.4) is 0 Å². The van der Waals surface area contributed by atoms with Gasteiger partial charge in [-0.3, -0.25) is 9.59 Å². The first-order valence-corrected chi connectivity index (χ1v) is 10.6. The van der Waals surface area contributed by atoms with Crippen LogP contribution in [0.15, 0.2) is 76.4 Å². The van der Waals surface area contributed by atoms with Crippen molar-refractivity contribution in [1.29, 1.82) is 0 Å². The largest absolute Gasteiger partial charge is 0.467 e. The molecule has 2 N–H and O–H groups in total. The van der Waals surface area contributed by atoms with E-state index in [9.17, 15) is 9.59 Å². The van der Waals surface area contributed by atoms with Gasteiger partial charge in [0.2, 0.25) is 5.91 Å². The number of amides is 2. The molecule has 1 aliphatic rings. The van der Waals surface area contributed by atoms with Gasteiger partial charge < -0.3 is 15.1 Å². The number of hydrazone groups is 1. The summed E-state index contributed by atoms with van der Waals surface area (Å²) < 4.78 is 5.60. The molecule has 0 aliphatic carbocycles. The van der Waals surface area contributed by atoms with Gasteiger partial charge in [-0.05, 0) is 55.0 Å². The third-order valence-electron chi connectivity index (χ3n) is 5.12.